The molecule has 98 valence electrons. The molecule has 1 amide bonds. The van der Waals surface area contributed by atoms with Gasteiger partial charge in [-0.1, -0.05) is 11.6 Å². The van der Waals surface area contributed by atoms with E-state index >= 15 is 0 Å². The molecule has 1 heterocycles. The lowest BCUT2D eigenvalue weighted by Crippen LogP contribution is -2.43. The summed E-state index contributed by atoms with van der Waals surface area (Å²) in [4.78, 5) is 13.8. The van der Waals surface area contributed by atoms with Crippen molar-refractivity contribution >= 4 is 21.4 Å². The Bertz CT molecular complexity index is 567. The fourth-order valence-electron chi connectivity index (χ4n) is 1.94. The largest absolute Gasteiger partial charge is 0.398 e. The number of benzene rings is 1. The van der Waals surface area contributed by atoms with Gasteiger partial charge in [0.25, 0.3) is 5.91 Å². The van der Waals surface area contributed by atoms with E-state index in [-0.39, 0.29) is 30.5 Å². The highest BCUT2D eigenvalue weighted by Crippen LogP contribution is 2.17. The van der Waals surface area contributed by atoms with Gasteiger partial charge in [0.1, 0.15) is 0 Å². The van der Waals surface area contributed by atoms with Crippen LogP contribution in [-0.4, -0.2) is 43.8 Å². The Balaban J connectivity index is 2.20. The fourth-order valence-corrected chi connectivity index (χ4v) is 3.14. The summed E-state index contributed by atoms with van der Waals surface area (Å²) in [6, 6.07) is 5.27. The summed E-state index contributed by atoms with van der Waals surface area (Å²) < 4.78 is 22.6. The minimum absolute atomic E-state index is 0.0322. The molecule has 0 unspecified atom stereocenters. The predicted molar refractivity (Wildman–Crippen MR) is 70.1 cm³/mol. The Hall–Kier alpha value is -1.56. The number of aryl methyl sites for hydroxylation is 1. The number of hydrogen-bond acceptors (Lipinski definition) is 4. The third kappa shape index (κ3) is 2.64. The Morgan fingerprint density at radius 2 is 1.89 bits per heavy atom. The van der Waals surface area contributed by atoms with Crippen molar-refractivity contribution in [3.05, 3.63) is 29.3 Å². The Kier molecular flexibility index (Phi) is 3.30. The average molecular weight is 268 g/mol. The van der Waals surface area contributed by atoms with Crippen LogP contribution >= 0.6 is 0 Å². The summed E-state index contributed by atoms with van der Waals surface area (Å²) in [6.45, 7) is 2.37. The standard InChI is InChI=1S/C12H16N2O3S/c1-9-2-3-11(13)10(8-9)12(15)14-4-6-18(16,17)7-5-14/h2-3,8H,4-7,13H2,1H3. The average Bonchev–Trinajstić information content (AvgIpc) is 2.31. The highest BCUT2D eigenvalue weighted by molar-refractivity contribution is 7.91. The van der Waals surface area contributed by atoms with Crippen LogP contribution in [0.3, 0.4) is 0 Å². The van der Waals surface area contributed by atoms with Gasteiger partial charge >= 0.3 is 0 Å². The summed E-state index contributed by atoms with van der Waals surface area (Å²) in [5, 5.41) is 0. The molecule has 2 N–H and O–H groups in total. The number of nitrogens with zero attached hydrogens (tertiary/aromatic N) is 1. The zero-order chi connectivity index (χ0) is 13.3. The normalized spacial score (nSPS) is 18.6. The lowest BCUT2D eigenvalue weighted by molar-refractivity contribution is 0.0771. The molecule has 6 heteroatoms. The monoisotopic (exact) mass is 268 g/mol. The van der Waals surface area contributed by atoms with E-state index in [0.717, 1.165) is 5.56 Å². The number of nitrogens with two attached hydrogens (primary N) is 1. The van der Waals surface area contributed by atoms with Crippen LogP contribution in [0.25, 0.3) is 0 Å². The molecule has 0 saturated carbocycles. The van der Waals surface area contributed by atoms with Crippen molar-refractivity contribution in [1.82, 2.24) is 4.90 Å². The van der Waals surface area contributed by atoms with E-state index in [1.165, 1.54) is 0 Å². The van der Waals surface area contributed by atoms with Crippen LogP contribution in [0.5, 0.6) is 0 Å². The van der Waals surface area contributed by atoms with E-state index in [4.69, 9.17) is 5.73 Å². The van der Waals surface area contributed by atoms with Gasteiger partial charge in [-0.15, -0.1) is 0 Å². The van der Waals surface area contributed by atoms with Crippen LogP contribution < -0.4 is 5.73 Å². The number of carbonyl (C=O) groups excluding carboxylic acids is 1. The van der Waals surface area contributed by atoms with Crippen LogP contribution in [-0.2, 0) is 9.84 Å². The molecule has 0 spiro atoms. The minimum atomic E-state index is -2.97. The maximum Gasteiger partial charge on any atom is 0.256 e. The lowest BCUT2D eigenvalue weighted by atomic mass is 10.1. The van der Waals surface area contributed by atoms with Gasteiger partial charge in [-0.05, 0) is 19.1 Å². The van der Waals surface area contributed by atoms with Crippen LogP contribution in [0.2, 0.25) is 0 Å². The van der Waals surface area contributed by atoms with Gasteiger partial charge in [0.15, 0.2) is 9.84 Å². The first-order valence-electron chi connectivity index (χ1n) is 5.75. The van der Waals surface area contributed by atoms with E-state index in [1.54, 1.807) is 17.0 Å². The van der Waals surface area contributed by atoms with E-state index in [2.05, 4.69) is 0 Å². The topological polar surface area (TPSA) is 80.5 Å². The van der Waals surface area contributed by atoms with E-state index in [9.17, 15) is 13.2 Å². The number of rotatable bonds is 1. The van der Waals surface area contributed by atoms with E-state index in [0.29, 0.717) is 11.3 Å². The molecule has 2 rings (SSSR count). The molecular weight excluding hydrogens is 252 g/mol. The maximum absolute atomic E-state index is 12.2. The number of amides is 1. The predicted octanol–water partition coefficient (Wildman–Crippen LogP) is 0.448. The highest BCUT2D eigenvalue weighted by Gasteiger charge is 2.26. The molecule has 1 aromatic rings. The third-order valence-corrected chi connectivity index (χ3v) is 4.68. The highest BCUT2D eigenvalue weighted by atomic mass is 32.2. The first kappa shape index (κ1) is 12.9. The molecule has 1 aliphatic rings. The van der Waals surface area contributed by atoms with Gasteiger partial charge < -0.3 is 10.6 Å². The summed E-state index contributed by atoms with van der Waals surface area (Å²) in [7, 11) is -2.97. The quantitative estimate of drug-likeness (QED) is 0.750. The second kappa shape index (κ2) is 4.61. The second-order valence-electron chi connectivity index (χ2n) is 4.53. The number of carbonyl (C=O) groups is 1. The molecule has 0 atom stereocenters. The molecule has 1 aliphatic heterocycles. The fraction of sp³-hybridized carbons (Fsp3) is 0.417. The molecule has 0 aliphatic carbocycles. The van der Waals surface area contributed by atoms with Gasteiger partial charge in [-0.3, -0.25) is 4.79 Å². The van der Waals surface area contributed by atoms with Crippen molar-refractivity contribution in [1.29, 1.82) is 0 Å². The summed E-state index contributed by atoms with van der Waals surface area (Å²) in [5.41, 5.74) is 7.62. The molecule has 1 aromatic carbocycles. The number of hydrogen-bond donors (Lipinski definition) is 1. The van der Waals surface area contributed by atoms with Crippen LogP contribution in [0, 0.1) is 6.92 Å². The van der Waals surface area contributed by atoms with E-state index < -0.39 is 9.84 Å². The zero-order valence-electron chi connectivity index (χ0n) is 10.2. The van der Waals surface area contributed by atoms with Crippen molar-refractivity contribution < 1.29 is 13.2 Å². The van der Waals surface area contributed by atoms with Gasteiger partial charge in [0.05, 0.1) is 17.1 Å². The molecule has 18 heavy (non-hydrogen) atoms. The van der Waals surface area contributed by atoms with E-state index in [1.807, 2.05) is 13.0 Å². The van der Waals surface area contributed by atoms with Gasteiger partial charge in [0.2, 0.25) is 0 Å². The van der Waals surface area contributed by atoms with Crippen LogP contribution in [0.4, 0.5) is 5.69 Å². The molecule has 5 nitrogen and oxygen atoms in total. The molecule has 0 aromatic heterocycles. The first-order valence-corrected chi connectivity index (χ1v) is 7.57. The number of nitrogen functional groups attached to an aromatic ring is 1. The Morgan fingerprint density at radius 3 is 2.50 bits per heavy atom. The molecule has 1 saturated heterocycles. The number of anilines is 1. The number of sulfone groups is 1. The molecule has 1 fully saturated rings. The smallest absolute Gasteiger partial charge is 0.256 e. The molecule has 0 radical (unpaired) electrons. The minimum Gasteiger partial charge on any atom is -0.398 e. The van der Waals surface area contributed by atoms with Crippen LogP contribution in [0.15, 0.2) is 18.2 Å². The molecular formula is C12H16N2O3S. The van der Waals surface area contributed by atoms with Crippen molar-refractivity contribution in [3.63, 3.8) is 0 Å². The van der Waals surface area contributed by atoms with Gasteiger partial charge in [0, 0.05) is 18.8 Å². The van der Waals surface area contributed by atoms with Crippen molar-refractivity contribution in [2.75, 3.05) is 30.3 Å². The van der Waals surface area contributed by atoms with Crippen molar-refractivity contribution in [2.24, 2.45) is 0 Å². The summed E-state index contributed by atoms with van der Waals surface area (Å²) in [5.74, 6) is -0.124. The van der Waals surface area contributed by atoms with Crippen LogP contribution in [0.1, 0.15) is 15.9 Å². The second-order valence-corrected chi connectivity index (χ2v) is 6.84. The SMILES string of the molecule is Cc1ccc(N)c(C(=O)N2CCS(=O)(=O)CC2)c1. The van der Waals surface area contributed by atoms with Crippen molar-refractivity contribution in [3.8, 4) is 0 Å². The Morgan fingerprint density at radius 1 is 1.28 bits per heavy atom. The zero-order valence-corrected chi connectivity index (χ0v) is 11.0. The molecule has 0 bridgehead atoms. The Labute approximate surface area is 107 Å². The maximum atomic E-state index is 12.2. The summed E-state index contributed by atoms with van der Waals surface area (Å²) >= 11 is 0. The van der Waals surface area contributed by atoms with Gasteiger partial charge in [-0.25, -0.2) is 8.42 Å². The van der Waals surface area contributed by atoms with Crippen molar-refractivity contribution in [2.45, 2.75) is 6.92 Å². The first-order chi connectivity index (χ1) is 8.39. The summed E-state index contributed by atoms with van der Waals surface area (Å²) in [6.07, 6.45) is 0. The lowest BCUT2D eigenvalue weighted by Gasteiger charge is -2.27. The van der Waals surface area contributed by atoms with Gasteiger partial charge in [-0.2, -0.15) is 0 Å². The third-order valence-electron chi connectivity index (χ3n) is 3.07.